The Morgan fingerprint density at radius 3 is 1.66 bits per heavy atom. The van der Waals surface area contributed by atoms with Crippen molar-refractivity contribution in [2.45, 2.75) is 35.8 Å². The van der Waals surface area contributed by atoms with Gasteiger partial charge in [-0.15, -0.1) is 0 Å². The summed E-state index contributed by atoms with van der Waals surface area (Å²) in [7, 11) is 0. The van der Waals surface area contributed by atoms with E-state index in [2.05, 4.69) is 0 Å². The van der Waals surface area contributed by atoms with Crippen LogP contribution in [0, 0.1) is 10.1 Å². The minimum atomic E-state index is -8.16. The van der Waals surface area contributed by atoms with Crippen molar-refractivity contribution in [3.05, 3.63) is 33.3 Å². The lowest BCUT2D eigenvalue weighted by molar-refractivity contribution is -0.435. The monoisotopic (exact) mass is 518 g/mol. The third-order valence-corrected chi connectivity index (χ3v) is 3.94. The number of hydrogen-bond acceptors (Lipinski definition) is 3. The number of amides is 1. The highest BCUT2D eigenvalue weighted by atomic mass is 35.5. The van der Waals surface area contributed by atoms with E-state index in [4.69, 9.17) is 11.6 Å². The fourth-order valence-corrected chi connectivity index (χ4v) is 2.04. The van der Waals surface area contributed by atoms with E-state index in [9.17, 15) is 72.0 Å². The lowest BCUT2D eigenvalue weighted by atomic mass is 9.93. The van der Waals surface area contributed by atoms with E-state index in [0.717, 1.165) is 0 Å². The van der Waals surface area contributed by atoms with Gasteiger partial charge in [0, 0.05) is 11.8 Å². The summed E-state index contributed by atoms with van der Waals surface area (Å²) < 4.78 is 169. The number of nitrogens with one attached hydrogen (secondary N) is 1. The first-order valence-corrected chi connectivity index (χ1v) is 7.55. The first kappa shape index (κ1) is 27.5. The SMILES string of the molecule is O=C(Nc1ccc(Cl)c([N+](=O)[O-])c1)C(F)(F)C(F)(F)C(F)(F)C(F)(F)C(F)(F)C(F)(F)F. The number of nitro benzene ring substituents is 1. The molecular weight excluding hydrogens is 515 g/mol. The molecule has 1 aromatic rings. The molecule has 19 heteroatoms. The topological polar surface area (TPSA) is 72.2 Å². The molecule has 0 bridgehead atoms. The molecule has 182 valence electrons. The Morgan fingerprint density at radius 2 is 1.25 bits per heavy atom. The fraction of sp³-hybridized carbons (Fsp3) is 0.462. The Hall–Kier alpha value is -2.53. The number of nitro groups is 1. The third-order valence-electron chi connectivity index (χ3n) is 3.62. The first-order chi connectivity index (χ1) is 14.0. The van der Waals surface area contributed by atoms with Crippen molar-refractivity contribution in [1.29, 1.82) is 0 Å². The smallest absolute Gasteiger partial charge is 0.320 e. The molecule has 0 fully saturated rings. The number of nitrogens with zero attached hydrogens (tertiary/aromatic N) is 1. The minimum absolute atomic E-state index is 0.124. The van der Waals surface area contributed by atoms with Gasteiger partial charge in [-0.3, -0.25) is 14.9 Å². The van der Waals surface area contributed by atoms with Crippen LogP contribution in [0.5, 0.6) is 0 Å². The second-order valence-electron chi connectivity index (χ2n) is 5.75. The molecule has 0 aliphatic rings. The van der Waals surface area contributed by atoms with E-state index < -0.39 is 63.0 Å². The lowest BCUT2D eigenvalue weighted by Gasteiger charge is -2.39. The van der Waals surface area contributed by atoms with Crippen molar-refractivity contribution >= 4 is 28.9 Å². The second kappa shape index (κ2) is 7.80. The van der Waals surface area contributed by atoms with Crippen LogP contribution in [0.4, 0.5) is 68.5 Å². The summed E-state index contributed by atoms with van der Waals surface area (Å²) in [6.07, 6.45) is -7.59. The van der Waals surface area contributed by atoms with Gasteiger partial charge in [0.25, 0.3) is 5.69 Å². The van der Waals surface area contributed by atoms with Gasteiger partial charge < -0.3 is 5.32 Å². The zero-order valence-electron chi connectivity index (χ0n) is 14.2. The summed E-state index contributed by atoms with van der Waals surface area (Å²) in [5, 5.41) is 10.6. The maximum Gasteiger partial charge on any atom is 0.460 e. The maximum absolute atomic E-state index is 13.7. The molecule has 0 saturated heterocycles. The van der Waals surface area contributed by atoms with Crippen molar-refractivity contribution in [3.8, 4) is 0 Å². The number of carbonyl (C=O) groups is 1. The van der Waals surface area contributed by atoms with Gasteiger partial charge in [-0.25, -0.2) is 0 Å². The van der Waals surface area contributed by atoms with Gasteiger partial charge >= 0.3 is 41.7 Å². The molecule has 1 rings (SSSR count). The van der Waals surface area contributed by atoms with Crippen LogP contribution in [-0.2, 0) is 4.79 Å². The van der Waals surface area contributed by atoms with Gasteiger partial charge in [0.15, 0.2) is 0 Å². The van der Waals surface area contributed by atoms with E-state index >= 15 is 0 Å². The summed E-state index contributed by atoms with van der Waals surface area (Å²) >= 11 is 5.31. The Balaban J connectivity index is 3.43. The average Bonchev–Trinajstić information content (AvgIpc) is 2.61. The third kappa shape index (κ3) is 3.99. The van der Waals surface area contributed by atoms with Crippen LogP contribution in [0.25, 0.3) is 0 Å². The van der Waals surface area contributed by atoms with Crippen molar-refractivity contribution in [2.24, 2.45) is 0 Å². The molecule has 0 aliphatic carbocycles. The van der Waals surface area contributed by atoms with E-state index in [1.165, 1.54) is 0 Å². The molecule has 1 N–H and O–H groups in total. The van der Waals surface area contributed by atoms with Crippen LogP contribution in [0.3, 0.4) is 0 Å². The van der Waals surface area contributed by atoms with Gasteiger partial charge in [-0.2, -0.15) is 57.1 Å². The number of alkyl halides is 13. The normalized spacial score (nSPS) is 14.3. The molecule has 5 nitrogen and oxygen atoms in total. The lowest BCUT2D eigenvalue weighted by Crippen LogP contribution is -2.71. The summed E-state index contributed by atoms with van der Waals surface area (Å²) in [5.41, 5.74) is -2.36. The van der Waals surface area contributed by atoms with Crippen molar-refractivity contribution < 1.29 is 66.8 Å². The Labute approximate surface area is 171 Å². The molecule has 32 heavy (non-hydrogen) atoms. The highest BCUT2D eigenvalue weighted by Gasteiger charge is 2.91. The van der Waals surface area contributed by atoms with Gasteiger partial charge in [0.1, 0.15) is 5.02 Å². The standard InChI is InChI=1S/C13H4ClF13N2O3/c14-5-2-1-4(3-6(5)29(31)32)28-7(30)8(15,16)9(17,18)10(19,20)11(21,22)12(23,24)13(25,26)27/h1-3H,(H,28,30). The zero-order chi connectivity index (χ0) is 25.7. The van der Waals surface area contributed by atoms with Crippen LogP contribution in [0.1, 0.15) is 0 Å². The molecular formula is C13H4ClF13N2O3. The molecule has 1 amide bonds. The number of carbonyl (C=O) groups excluding carboxylic acids is 1. The summed E-state index contributed by atoms with van der Waals surface area (Å²) in [5.74, 6) is -42.7. The van der Waals surface area contributed by atoms with Crippen LogP contribution in [0.2, 0.25) is 5.02 Å². The van der Waals surface area contributed by atoms with E-state index in [0.29, 0.717) is 17.4 Å². The van der Waals surface area contributed by atoms with Crippen LogP contribution < -0.4 is 5.32 Å². The number of hydrogen-bond donors (Lipinski definition) is 1. The van der Waals surface area contributed by atoms with Crippen LogP contribution in [0.15, 0.2) is 18.2 Å². The summed E-state index contributed by atoms with van der Waals surface area (Å²) in [6.45, 7) is 0. The average molecular weight is 519 g/mol. The van der Waals surface area contributed by atoms with Crippen LogP contribution >= 0.6 is 11.6 Å². The summed E-state index contributed by atoms with van der Waals surface area (Å²) in [6, 6.07) is 1.04. The number of anilines is 1. The Kier molecular flexibility index (Phi) is 6.71. The van der Waals surface area contributed by atoms with Crippen molar-refractivity contribution in [1.82, 2.24) is 0 Å². The predicted octanol–water partition coefficient (Wildman–Crippen LogP) is 5.93. The van der Waals surface area contributed by atoms with E-state index in [1.807, 2.05) is 0 Å². The molecule has 0 aliphatic heterocycles. The zero-order valence-corrected chi connectivity index (χ0v) is 15.0. The Morgan fingerprint density at radius 1 is 0.812 bits per heavy atom. The number of benzene rings is 1. The Bertz CT molecular complexity index is 917. The van der Waals surface area contributed by atoms with Gasteiger partial charge in [0.2, 0.25) is 0 Å². The molecule has 0 heterocycles. The van der Waals surface area contributed by atoms with Crippen molar-refractivity contribution in [3.63, 3.8) is 0 Å². The number of halogens is 14. The van der Waals surface area contributed by atoms with Gasteiger partial charge in [0.05, 0.1) is 4.92 Å². The van der Waals surface area contributed by atoms with E-state index in [-0.39, 0.29) is 6.07 Å². The maximum atomic E-state index is 13.7. The second-order valence-corrected chi connectivity index (χ2v) is 6.15. The first-order valence-electron chi connectivity index (χ1n) is 7.18. The molecule has 0 aromatic heterocycles. The fourth-order valence-electron chi connectivity index (χ4n) is 1.85. The quantitative estimate of drug-likeness (QED) is 0.276. The molecule has 1 aromatic carbocycles. The van der Waals surface area contributed by atoms with Gasteiger partial charge in [-0.05, 0) is 12.1 Å². The van der Waals surface area contributed by atoms with E-state index in [1.54, 1.807) is 0 Å². The van der Waals surface area contributed by atoms with Crippen LogP contribution in [-0.4, -0.2) is 46.6 Å². The van der Waals surface area contributed by atoms with Gasteiger partial charge in [-0.1, -0.05) is 11.6 Å². The molecule has 0 spiro atoms. The highest BCUT2D eigenvalue weighted by molar-refractivity contribution is 6.32. The van der Waals surface area contributed by atoms with Crippen molar-refractivity contribution in [2.75, 3.05) is 5.32 Å². The predicted molar refractivity (Wildman–Crippen MR) is 77.5 cm³/mol. The largest absolute Gasteiger partial charge is 0.460 e. The molecule has 0 radical (unpaired) electrons. The summed E-state index contributed by atoms with van der Waals surface area (Å²) in [4.78, 5) is 20.7. The molecule has 0 unspecified atom stereocenters. The minimum Gasteiger partial charge on any atom is -0.320 e. The number of rotatable bonds is 7. The molecule has 0 saturated carbocycles. The highest BCUT2D eigenvalue weighted by Crippen LogP contribution is 2.60. The molecule has 0 atom stereocenters.